The van der Waals surface area contributed by atoms with E-state index in [4.69, 9.17) is 5.73 Å². The van der Waals surface area contributed by atoms with Gasteiger partial charge in [-0.25, -0.2) is 13.1 Å². The van der Waals surface area contributed by atoms with Crippen LogP contribution in [0.4, 0.5) is 14.5 Å². The third-order valence-electron chi connectivity index (χ3n) is 4.13. The number of nitrogens with one attached hydrogen (secondary N) is 1. The number of para-hydroxylation sites is 1. The highest BCUT2D eigenvalue weighted by molar-refractivity contribution is 7.89. The van der Waals surface area contributed by atoms with Crippen LogP contribution in [0.1, 0.15) is 30.0 Å². The van der Waals surface area contributed by atoms with E-state index in [2.05, 4.69) is 9.46 Å². The second kappa shape index (κ2) is 6.97. The summed E-state index contributed by atoms with van der Waals surface area (Å²) < 4.78 is 57.4. The van der Waals surface area contributed by atoms with Gasteiger partial charge in [-0.2, -0.15) is 8.78 Å². The highest BCUT2D eigenvalue weighted by atomic mass is 32.2. The van der Waals surface area contributed by atoms with Crippen LogP contribution in [0.25, 0.3) is 0 Å². The molecule has 0 spiro atoms. The lowest BCUT2D eigenvalue weighted by Gasteiger charge is -2.26. The van der Waals surface area contributed by atoms with Gasteiger partial charge in [-0.3, -0.25) is 0 Å². The number of ether oxygens (including phenoxy) is 1. The quantitative estimate of drug-likeness (QED) is 0.794. The summed E-state index contributed by atoms with van der Waals surface area (Å²) >= 11 is 0. The van der Waals surface area contributed by atoms with Crippen molar-refractivity contribution >= 4 is 15.7 Å². The summed E-state index contributed by atoms with van der Waals surface area (Å²) in [7, 11) is -4.03. The van der Waals surface area contributed by atoms with Crippen LogP contribution >= 0.6 is 0 Å². The Labute approximate surface area is 144 Å². The predicted octanol–water partition coefficient (Wildman–Crippen LogP) is 3.23. The minimum Gasteiger partial charge on any atom is -0.433 e. The Morgan fingerprint density at radius 3 is 2.72 bits per heavy atom. The lowest BCUT2D eigenvalue weighted by Crippen LogP contribution is -2.31. The summed E-state index contributed by atoms with van der Waals surface area (Å²) in [4.78, 5) is -0.308. The molecular formula is C17H18F2N2O3S. The number of benzene rings is 2. The maximum absolute atomic E-state index is 12.7. The molecule has 0 aromatic heterocycles. The Morgan fingerprint density at radius 2 is 1.96 bits per heavy atom. The minimum absolute atomic E-state index is 0.308. The number of hydrogen-bond acceptors (Lipinski definition) is 4. The highest BCUT2D eigenvalue weighted by Crippen LogP contribution is 2.33. The van der Waals surface area contributed by atoms with Crippen molar-refractivity contribution in [3.63, 3.8) is 0 Å². The summed E-state index contributed by atoms with van der Waals surface area (Å²) in [5.74, 6) is -0.377. The Hall–Kier alpha value is -2.19. The Balaban J connectivity index is 1.91. The molecule has 0 amide bonds. The molecule has 8 heteroatoms. The second-order valence-electron chi connectivity index (χ2n) is 5.85. The van der Waals surface area contributed by atoms with Gasteiger partial charge in [0.15, 0.2) is 0 Å². The molecule has 2 aromatic rings. The zero-order chi connectivity index (χ0) is 18.0. The minimum atomic E-state index is -4.03. The number of halogens is 2. The average molecular weight is 368 g/mol. The summed E-state index contributed by atoms with van der Waals surface area (Å²) in [5, 5.41) is 0. The van der Waals surface area contributed by atoms with Crippen LogP contribution in [0.15, 0.2) is 47.4 Å². The first-order chi connectivity index (χ1) is 11.9. The number of anilines is 1. The average Bonchev–Trinajstić information content (AvgIpc) is 2.54. The van der Waals surface area contributed by atoms with Crippen molar-refractivity contribution in [1.82, 2.24) is 4.72 Å². The molecule has 134 valence electrons. The van der Waals surface area contributed by atoms with E-state index in [0.717, 1.165) is 24.0 Å². The maximum Gasteiger partial charge on any atom is 0.387 e. The molecular weight excluding hydrogens is 350 g/mol. The zero-order valence-corrected chi connectivity index (χ0v) is 14.1. The van der Waals surface area contributed by atoms with Gasteiger partial charge in [0.2, 0.25) is 10.0 Å². The van der Waals surface area contributed by atoms with E-state index >= 15 is 0 Å². The van der Waals surface area contributed by atoms with Crippen molar-refractivity contribution in [2.45, 2.75) is 36.8 Å². The van der Waals surface area contributed by atoms with E-state index in [0.29, 0.717) is 12.1 Å². The van der Waals surface area contributed by atoms with E-state index in [9.17, 15) is 17.2 Å². The zero-order valence-electron chi connectivity index (χ0n) is 13.3. The fourth-order valence-electron chi connectivity index (χ4n) is 3.07. The predicted molar refractivity (Wildman–Crippen MR) is 89.9 cm³/mol. The molecule has 5 nitrogen and oxygen atoms in total. The number of alkyl halides is 2. The topological polar surface area (TPSA) is 81.4 Å². The molecule has 1 unspecified atom stereocenters. The van der Waals surface area contributed by atoms with Crippen LogP contribution < -0.4 is 15.2 Å². The molecule has 2 aromatic carbocycles. The second-order valence-corrected chi connectivity index (χ2v) is 7.53. The van der Waals surface area contributed by atoms with Gasteiger partial charge in [0.05, 0.1) is 0 Å². The molecule has 1 aliphatic rings. The molecule has 0 heterocycles. The van der Waals surface area contributed by atoms with Crippen LogP contribution in [0, 0.1) is 0 Å². The van der Waals surface area contributed by atoms with Crippen LogP contribution in [-0.2, 0) is 16.4 Å². The van der Waals surface area contributed by atoms with Crippen molar-refractivity contribution < 1.29 is 21.9 Å². The van der Waals surface area contributed by atoms with Crippen LogP contribution in [-0.4, -0.2) is 15.0 Å². The monoisotopic (exact) mass is 368 g/mol. The van der Waals surface area contributed by atoms with Gasteiger partial charge in [0, 0.05) is 11.7 Å². The summed E-state index contributed by atoms with van der Waals surface area (Å²) in [6, 6.07) is 10.3. The first kappa shape index (κ1) is 17.6. The summed E-state index contributed by atoms with van der Waals surface area (Å²) in [6.45, 7) is -3.10. The number of nitrogen functional groups attached to an aromatic ring is 1. The SMILES string of the molecule is Nc1ccc2c(c1)CCCC2NS(=O)(=O)c1ccccc1OC(F)F. The number of rotatable bonds is 5. The third kappa shape index (κ3) is 3.91. The molecule has 0 bridgehead atoms. The molecule has 0 aliphatic heterocycles. The Bertz CT molecular complexity index is 872. The summed E-state index contributed by atoms with van der Waals surface area (Å²) in [6.07, 6.45) is 2.25. The van der Waals surface area contributed by atoms with Crippen molar-refractivity contribution in [3.8, 4) is 5.75 Å². The van der Waals surface area contributed by atoms with Crippen LogP contribution in [0.3, 0.4) is 0 Å². The molecule has 3 rings (SSSR count). The van der Waals surface area contributed by atoms with Gasteiger partial charge in [-0.1, -0.05) is 18.2 Å². The van der Waals surface area contributed by atoms with Crippen molar-refractivity contribution in [3.05, 3.63) is 53.6 Å². The number of sulfonamides is 1. The third-order valence-corrected chi connectivity index (χ3v) is 5.64. The van der Waals surface area contributed by atoms with E-state index < -0.39 is 22.7 Å². The van der Waals surface area contributed by atoms with Crippen molar-refractivity contribution in [2.24, 2.45) is 0 Å². The van der Waals surface area contributed by atoms with E-state index in [1.54, 1.807) is 12.1 Å². The van der Waals surface area contributed by atoms with Crippen molar-refractivity contribution in [1.29, 1.82) is 0 Å². The number of fused-ring (bicyclic) bond motifs is 1. The first-order valence-electron chi connectivity index (χ1n) is 7.81. The molecule has 1 aliphatic carbocycles. The lowest BCUT2D eigenvalue weighted by atomic mass is 9.88. The first-order valence-corrected chi connectivity index (χ1v) is 9.29. The Morgan fingerprint density at radius 1 is 1.20 bits per heavy atom. The van der Waals surface area contributed by atoms with Gasteiger partial charge in [-0.05, 0) is 54.7 Å². The normalized spacial score (nSPS) is 17.3. The number of nitrogens with two attached hydrogens (primary N) is 1. The van der Waals surface area contributed by atoms with E-state index in [1.165, 1.54) is 24.3 Å². The highest BCUT2D eigenvalue weighted by Gasteiger charge is 2.28. The molecule has 3 N–H and O–H groups in total. The largest absolute Gasteiger partial charge is 0.433 e. The molecule has 0 fully saturated rings. The summed E-state index contributed by atoms with van der Waals surface area (Å²) in [5.41, 5.74) is 8.26. The molecule has 1 atom stereocenters. The van der Waals surface area contributed by atoms with E-state index in [1.807, 2.05) is 6.07 Å². The van der Waals surface area contributed by atoms with Gasteiger partial charge in [0.1, 0.15) is 10.6 Å². The number of aryl methyl sites for hydroxylation is 1. The van der Waals surface area contributed by atoms with Gasteiger partial charge >= 0.3 is 6.61 Å². The van der Waals surface area contributed by atoms with Crippen LogP contribution in [0.2, 0.25) is 0 Å². The fourth-order valence-corrected chi connectivity index (χ4v) is 4.46. The van der Waals surface area contributed by atoms with Gasteiger partial charge in [-0.15, -0.1) is 0 Å². The van der Waals surface area contributed by atoms with Gasteiger partial charge < -0.3 is 10.5 Å². The van der Waals surface area contributed by atoms with Crippen LogP contribution in [0.5, 0.6) is 5.75 Å². The molecule has 0 radical (unpaired) electrons. The smallest absolute Gasteiger partial charge is 0.387 e. The fraction of sp³-hybridized carbons (Fsp3) is 0.294. The van der Waals surface area contributed by atoms with Gasteiger partial charge in [0.25, 0.3) is 0 Å². The maximum atomic E-state index is 12.7. The molecule has 0 saturated carbocycles. The standard InChI is InChI=1S/C17H18F2N2O3S/c18-17(19)24-15-6-1-2-7-16(15)25(22,23)21-14-5-3-4-11-10-12(20)8-9-13(11)14/h1-2,6-10,14,17,21H,3-5,20H2. The lowest BCUT2D eigenvalue weighted by molar-refractivity contribution is -0.0517. The molecule has 25 heavy (non-hydrogen) atoms. The molecule has 0 saturated heterocycles. The number of hydrogen-bond donors (Lipinski definition) is 2. The van der Waals surface area contributed by atoms with Crippen molar-refractivity contribution in [2.75, 3.05) is 5.73 Å². The Kier molecular flexibility index (Phi) is 4.91. The van der Waals surface area contributed by atoms with E-state index in [-0.39, 0.29) is 10.6 Å².